The van der Waals surface area contributed by atoms with E-state index >= 15 is 0 Å². The van der Waals surface area contributed by atoms with E-state index in [1.54, 1.807) is 6.07 Å². The number of amides is 1. The summed E-state index contributed by atoms with van der Waals surface area (Å²) < 4.78 is 0. The molecule has 1 aliphatic heterocycles. The number of anilines is 1. The number of hydrogen-bond donors (Lipinski definition) is 0. The van der Waals surface area contributed by atoms with Gasteiger partial charge in [-0.25, -0.2) is 0 Å². The maximum Gasteiger partial charge on any atom is 0.300 e. The fourth-order valence-electron chi connectivity index (χ4n) is 1.89. The van der Waals surface area contributed by atoms with Crippen LogP contribution in [0.5, 0.6) is 0 Å². The van der Waals surface area contributed by atoms with Crippen LogP contribution in [-0.2, 0) is 4.79 Å². The second kappa shape index (κ2) is 3.46. The van der Waals surface area contributed by atoms with Gasteiger partial charge in [-0.05, 0) is 31.0 Å². The standard InChI is InChI=1S/C12H10N2O2/c1-7-3-4-9-10(8(7)2)14(6-5-13)12(16)11(9)15/h3-4H,6H2,1-2H3. The van der Waals surface area contributed by atoms with Gasteiger partial charge in [-0.15, -0.1) is 0 Å². The molecule has 1 aromatic rings. The van der Waals surface area contributed by atoms with Gasteiger partial charge in [0.1, 0.15) is 6.54 Å². The van der Waals surface area contributed by atoms with Crippen LogP contribution in [0.15, 0.2) is 12.1 Å². The molecule has 0 spiro atoms. The Morgan fingerprint density at radius 2 is 2.00 bits per heavy atom. The molecule has 0 unspecified atom stereocenters. The largest absolute Gasteiger partial charge is 0.300 e. The fourth-order valence-corrected chi connectivity index (χ4v) is 1.89. The van der Waals surface area contributed by atoms with Crippen molar-refractivity contribution in [2.24, 2.45) is 0 Å². The predicted molar refractivity (Wildman–Crippen MR) is 58.2 cm³/mol. The first-order chi connectivity index (χ1) is 7.57. The third kappa shape index (κ3) is 1.22. The third-order valence-corrected chi connectivity index (χ3v) is 2.88. The van der Waals surface area contributed by atoms with E-state index in [1.165, 1.54) is 4.90 Å². The molecule has 0 radical (unpaired) electrons. The average molecular weight is 214 g/mol. The predicted octanol–water partition coefficient (Wildman–Crippen LogP) is 1.36. The number of fused-ring (bicyclic) bond motifs is 1. The maximum atomic E-state index is 11.6. The molecule has 1 aromatic carbocycles. The summed E-state index contributed by atoms with van der Waals surface area (Å²) in [5.74, 6) is -1.13. The van der Waals surface area contributed by atoms with Crippen molar-refractivity contribution < 1.29 is 9.59 Å². The lowest BCUT2D eigenvalue weighted by molar-refractivity contribution is -0.114. The second-order valence-electron chi connectivity index (χ2n) is 3.78. The molecular weight excluding hydrogens is 204 g/mol. The van der Waals surface area contributed by atoms with Gasteiger partial charge in [0.2, 0.25) is 0 Å². The zero-order chi connectivity index (χ0) is 11.9. The lowest BCUT2D eigenvalue weighted by Gasteiger charge is -2.15. The van der Waals surface area contributed by atoms with Crippen LogP contribution < -0.4 is 4.90 Å². The Bertz CT molecular complexity index is 541. The van der Waals surface area contributed by atoms with E-state index in [0.717, 1.165) is 11.1 Å². The molecule has 0 atom stereocenters. The number of hydrogen-bond acceptors (Lipinski definition) is 3. The van der Waals surface area contributed by atoms with Gasteiger partial charge in [0.05, 0.1) is 17.3 Å². The number of Topliss-reactive ketones (excluding diaryl/α,β-unsaturated/α-hetero) is 1. The molecule has 1 amide bonds. The van der Waals surface area contributed by atoms with E-state index in [1.807, 2.05) is 26.0 Å². The average Bonchev–Trinajstić information content (AvgIpc) is 2.50. The lowest BCUT2D eigenvalue weighted by atomic mass is 10.0. The van der Waals surface area contributed by atoms with Crippen LogP contribution in [0.4, 0.5) is 5.69 Å². The Morgan fingerprint density at radius 3 is 2.62 bits per heavy atom. The first-order valence-electron chi connectivity index (χ1n) is 4.91. The molecule has 80 valence electrons. The van der Waals surface area contributed by atoms with Gasteiger partial charge in [0.25, 0.3) is 11.7 Å². The molecule has 2 rings (SSSR count). The minimum absolute atomic E-state index is 0.0815. The number of nitrogens with zero attached hydrogens (tertiary/aromatic N) is 2. The van der Waals surface area contributed by atoms with Crippen molar-refractivity contribution in [1.29, 1.82) is 5.26 Å². The van der Waals surface area contributed by atoms with Crippen molar-refractivity contribution in [3.8, 4) is 6.07 Å². The Kier molecular flexibility index (Phi) is 2.24. The smallest absolute Gasteiger partial charge is 0.291 e. The highest BCUT2D eigenvalue weighted by Crippen LogP contribution is 2.33. The van der Waals surface area contributed by atoms with Gasteiger partial charge >= 0.3 is 0 Å². The zero-order valence-electron chi connectivity index (χ0n) is 9.07. The molecule has 4 nitrogen and oxygen atoms in total. The van der Waals surface area contributed by atoms with Gasteiger partial charge < -0.3 is 0 Å². The van der Waals surface area contributed by atoms with E-state index in [4.69, 9.17) is 5.26 Å². The lowest BCUT2D eigenvalue weighted by Crippen LogP contribution is -2.30. The quantitative estimate of drug-likeness (QED) is 0.523. The van der Waals surface area contributed by atoms with Crippen LogP contribution in [0, 0.1) is 25.2 Å². The maximum absolute atomic E-state index is 11.6. The summed E-state index contributed by atoms with van der Waals surface area (Å²) in [7, 11) is 0. The molecule has 0 saturated carbocycles. The SMILES string of the molecule is Cc1ccc2c(c1C)N(CC#N)C(=O)C2=O. The van der Waals surface area contributed by atoms with Crippen molar-refractivity contribution in [2.45, 2.75) is 13.8 Å². The molecule has 1 aliphatic rings. The first kappa shape index (κ1) is 10.4. The van der Waals surface area contributed by atoms with Crippen molar-refractivity contribution in [1.82, 2.24) is 0 Å². The van der Waals surface area contributed by atoms with E-state index in [9.17, 15) is 9.59 Å². The highest BCUT2D eigenvalue weighted by Gasteiger charge is 2.36. The number of ketones is 1. The summed E-state index contributed by atoms with van der Waals surface area (Å²) >= 11 is 0. The van der Waals surface area contributed by atoms with Crippen LogP contribution in [-0.4, -0.2) is 18.2 Å². The Hall–Kier alpha value is -2.15. The minimum atomic E-state index is -0.606. The summed E-state index contributed by atoms with van der Waals surface area (Å²) in [4.78, 5) is 24.5. The Balaban J connectivity index is 2.68. The molecule has 0 fully saturated rings. The fraction of sp³-hybridized carbons (Fsp3) is 0.250. The van der Waals surface area contributed by atoms with Crippen LogP contribution in [0.3, 0.4) is 0 Å². The number of carbonyl (C=O) groups is 2. The molecule has 0 N–H and O–H groups in total. The summed E-state index contributed by atoms with van der Waals surface area (Å²) in [6, 6.07) is 5.36. The van der Waals surface area contributed by atoms with Gasteiger partial charge in [-0.1, -0.05) is 6.07 Å². The summed E-state index contributed by atoms with van der Waals surface area (Å²) in [6.07, 6.45) is 0. The normalized spacial score (nSPS) is 13.9. The van der Waals surface area contributed by atoms with Gasteiger partial charge in [-0.3, -0.25) is 14.5 Å². The Morgan fingerprint density at radius 1 is 1.31 bits per heavy atom. The molecule has 0 aliphatic carbocycles. The number of benzene rings is 1. The summed E-state index contributed by atoms with van der Waals surface area (Å²) in [5, 5.41) is 8.66. The molecule has 0 saturated heterocycles. The number of rotatable bonds is 1. The van der Waals surface area contributed by atoms with Crippen LogP contribution in [0.1, 0.15) is 21.5 Å². The van der Waals surface area contributed by atoms with Crippen LogP contribution >= 0.6 is 0 Å². The molecular formula is C12H10N2O2. The number of carbonyl (C=O) groups excluding carboxylic acids is 2. The molecule has 16 heavy (non-hydrogen) atoms. The van der Waals surface area contributed by atoms with E-state index in [2.05, 4.69) is 0 Å². The Labute approximate surface area is 93.1 Å². The zero-order valence-corrected chi connectivity index (χ0v) is 9.07. The minimum Gasteiger partial charge on any atom is -0.291 e. The van der Waals surface area contributed by atoms with Gasteiger partial charge in [0, 0.05) is 0 Å². The molecule has 4 heteroatoms. The monoisotopic (exact) mass is 214 g/mol. The second-order valence-corrected chi connectivity index (χ2v) is 3.78. The van der Waals surface area contributed by atoms with E-state index in [-0.39, 0.29) is 6.54 Å². The van der Waals surface area contributed by atoms with Crippen molar-refractivity contribution >= 4 is 17.4 Å². The number of nitriles is 1. The molecule has 0 aromatic heterocycles. The van der Waals surface area contributed by atoms with Crippen molar-refractivity contribution in [2.75, 3.05) is 11.4 Å². The third-order valence-electron chi connectivity index (χ3n) is 2.88. The highest BCUT2D eigenvalue weighted by atomic mass is 16.2. The van der Waals surface area contributed by atoms with Crippen LogP contribution in [0.2, 0.25) is 0 Å². The van der Waals surface area contributed by atoms with E-state index in [0.29, 0.717) is 11.3 Å². The highest BCUT2D eigenvalue weighted by molar-refractivity contribution is 6.52. The topological polar surface area (TPSA) is 61.2 Å². The van der Waals surface area contributed by atoms with E-state index < -0.39 is 11.7 Å². The van der Waals surface area contributed by atoms with Gasteiger partial charge in [-0.2, -0.15) is 5.26 Å². The van der Waals surface area contributed by atoms with Crippen LogP contribution in [0.25, 0.3) is 0 Å². The first-order valence-corrected chi connectivity index (χ1v) is 4.91. The summed E-state index contributed by atoms with van der Waals surface area (Å²) in [5.41, 5.74) is 2.89. The van der Waals surface area contributed by atoms with Crippen molar-refractivity contribution in [3.05, 3.63) is 28.8 Å². The summed E-state index contributed by atoms with van der Waals surface area (Å²) in [6.45, 7) is 3.68. The molecule has 0 bridgehead atoms. The molecule has 1 heterocycles. The van der Waals surface area contributed by atoms with Gasteiger partial charge in [0.15, 0.2) is 0 Å². The number of aryl methyl sites for hydroxylation is 1. The van der Waals surface area contributed by atoms with Crippen molar-refractivity contribution in [3.63, 3.8) is 0 Å².